The molecule has 1 unspecified atom stereocenters. The second-order valence-electron chi connectivity index (χ2n) is 6.70. The summed E-state index contributed by atoms with van der Waals surface area (Å²) in [4.78, 5) is 7.04. The molecule has 0 saturated heterocycles. The van der Waals surface area contributed by atoms with E-state index in [1.807, 2.05) is 18.4 Å². The van der Waals surface area contributed by atoms with Gasteiger partial charge in [-0.05, 0) is 51.3 Å². The normalized spacial score (nSPS) is 17.9. The van der Waals surface area contributed by atoms with Gasteiger partial charge in [-0.1, -0.05) is 0 Å². The Hall–Kier alpha value is -1.82. The summed E-state index contributed by atoms with van der Waals surface area (Å²) in [5.74, 6) is 0.873. The zero-order chi connectivity index (χ0) is 17.1. The molecule has 130 valence electrons. The van der Waals surface area contributed by atoms with Gasteiger partial charge in [0.25, 0.3) is 0 Å². The number of fused-ring (bicyclic) bond motifs is 1. The molecule has 2 aromatic heterocycles. The lowest BCUT2D eigenvalue weighted by Gasteiger charge is -2.24. The fourth-order valence-corrected chi connectivity index (χ4v) is 3.87. The Morgan fingerprint density at radius 1 is 1.46 bits per heavy atom. The molecule has 1 aliphatic carbocycles. The largest absolute Gasteiger partial charge is 0.353 e. The minimum atomic E-state index is 0.393. The van der Waals surface area contributed by atoms with E-state index in [9.17, 15) is 0 Å². The van der Waals surface area contributed by atoms with Crippen LogP contribution in [0.2, 0.25) is 0 Å². The number of aromatic nitrogens is 2. The number of thiophene rings is 1. The lowest BCUT2D eigenvalue weighted by molar-refractivity contribution is 0.499. The molecule has 5 nitrogen and oxygen atoms in total. The van der Waals surface area contributed by atoms with Gasteiger partial charge in [0, 0.05) is 41.5 Å². The van der Waals surface area contributed by atoms with Gasteiger partial charge in [0.05, 0.1) is 12.2 Å². The molecular formula is C18H27N5S. The van der Waals surface area contributed by atoms with Crippen LogP contribution in [0.3, 0.4) is 0 Å². The van der Waals surface area contributed by atoms with Crippen molar-refractivity contribution in [2.24, 2.45) is 4.99 Å². The molecule has 1 atom stereocenters. The molecule has 1 aliphatic rings. The number of guanidine groups is 1. The molecule has 0 radical (unpaired) electrons. The third kappa shape index (κ3) is 3.98. The fraction of sp³-hybridized carbons (Fsp3) is 0.556. The van der Waals surface area contributed by atoms with E-state index in [-0.39, 0.29) is 0 Å². The van der Waals surface area contributed by atoms with Crippen LogP contribution in [0.5, 0.6) is 0 Å². The Bertz CT molecular complexity index is 713. The maximum Gasteiger partial charge on any atom is 0.191 e. The van der Waals surface area contributed by atoms with Crippen molar-refractivity contribution >= 4 is 17.3 Å². The summed E-state index contributed by atoms with van der Waals surface area (Å²) >= 11 is 1.82. The maximum atomic E-state index is 4.75. The Morgan fingerprint density at radius 3 is 2.96 bits per heavy atom. The standard InChI is InChI=1S/C18H27N5S/c1-12(2)23-11-14-6-7-15(9-17(14)22-23)21-18(19-4)20-10-16-8-5-13(3)24-16/h5,8,11-12,15H,6-7,9-10H2,1-4H3,(H2,19,20,21). The predicted octanol–water partition coefficient (Wildman–Crippen LogP) is 3.06. The SMILES string of the molecule is CN=C(NCc1ccc(C)s1)NC1CCc2cn(C(C)C)nc2C1. The molecule has 0 aromatic carbocycles. The average molecular weight is 346 g/mol. The highest BCUT2D eigenvalue weighted by atomic mass is 32.1. The molecule has 0 bridgehead atoms. The van der Waals surface area contributed by atoms with Crippen molar-refractivity contribution in [2.75, 3.05) is 7.05 Å². The van der Waals surface area contributed by atoms with E-state index in [2.05, 4.69) is 59.4 Å². The van der Waals surface area contributed by atoms with E-state index in [1.165, 1.54) is 21.0 Å². The zero-order valence-electron chi connectivity index (χ0n) is 15.0. The minimum absolute atomic E-state index is 0.393. The van der Waals surface area contributed by atoms with Crippen LogP contribution in [0.25, 0.3) is 0 Å². The lowest BCUT2D eigenvalue weighted by Crippen LogP contribution is -2.45. The van der Waals surface area contributed by atoms with Crippen molar-refractivity contribution < 1.29 is 0 Å². The van der Waals surface area contributed by atoms with E-state index in [0.29, 0.717) is 12.1 Å². The lowest BCUT2D eigenvalue weighted by atomic mass is 9.94. The van der Waals surface area contributed by atoms with Crippen LogP contribution in [-0.4, -0.2) is 28.8 Å². The highest BCUT2D eigenvalue weighted by Gasteiger charge is 2.22. The van der Waals surface area contributed by atoms with Crippen LogP contribution in [-0.2, 0) is 19.4 Å². The summed E-state index contributed by atoms with van der Waals surface area (Å²) in [5.41, 5.74) is 2.63. The molecule has 3 rings (SSSR count). The van der Waals surface area contributed by atoms with Gasteiger partial charge in [-0.2, -0.15) is 5.10 Å². The van der Waals surface area contributed by atoms with Crippen molar-refractivity contribution in [1.29, 1.82) is 0 Å². The number of hydrogen-bond donors (Lipinski definition) is 2. The number of nitrogens with one attached hydrogen (secondary N) is 2. The Balaban J connectivity index is 1.56. The van der Waals surface area contributed by atoms with Gasteiger partial charge in [-0.25, -0.2) is 0 Å². The molecule has 2 heterocycles. The third-order valence-corrected chi connectivity index (χ3v) is 5.42. The molecule has 2 N–H and O–H groups in total. The smallest absolute Gasteiger partial charge is 0.191 e. The average Bonchev–Trinajstić information content (AvgIpc) is 3.17. The van der Waals surface area contributed by atoms with Gasteiger partial charge in [-0.15, -0.1) is 11.3 Å². The van der Waals surface area contributed by atoms with Gasteiger partial charge in [0.1, 0.15) is 0 Å². The summed E-state index contributed by atoms with van der Waals surface area (Å²) in [7, 11) is 1.83. The second-order valence-corrected chi connectivity index (χ2v) is 8.07. The Labute approximate surface area is 148 Å². The molecule has 0 saturated carbocycles. The van der Waals surface area contributed by atoms with Crippen LogP contribution >= 0.6 is 11.3 Å². The first-order chi connectivity index (χ1) is 11.5. The number of rotatable bonds is 4. The zero-order valence-corrected chi connectivity index (χ0v) is 15.8. The molecule has 2 aromatic rings. The minimum Gasteiger partial charge on any atom is -0.353 e. The van der Waals surface area contributed by atoms with Gasteiger partial charge in [0.2, 0.25) is 0 Å². The first kappa shape index (κ1) is 17.0. The van der Waals surface area contributed by atoms with Crippen LogP contribution < -0.4 is 10.6 Å². The Morgan fingerprint density at radius 2 is 2.29 bits per heavy atom. The molecular weight excluding hydrogens is 318 g/mol. The number of aryl methyl sites for hydroxylation is 2. The maximum absolute atomic E-state index is 4.75. The van der Waals surface area contributed by atoms with Gasteiger partial charge in [0.15, 0.2) is 5.96 Å². The Kier molecular flexibility index (Phi) is 5.23. The van der Waals surface area contributed by atoms with E-state index in [0.717, 1.165) is 31.8 Å². The molecule has 0 fully saturated rings. The molecule has 0 aliphatic heterocycles. The van der Waals surface area contributed by atoms with Crippen LogP contribution in [0.4, 0.5) is 0 Å². The van der Waals surface area contributed by atoms with Crippen molar-refractivity contribution in [3.05, 3.63) is 39.3 Å². The third-order valence-electron chi connectivity index (χ3n) is 4.42. The number of aliphatic imine (C=N–C) groups is 1. The molecule has 24 heavy (non-hydrogen) atoms. The second kappa shape index (κ2) is 7.38. The predicted molar refractivity (Wildman–Crippen MR) is 101 cm³/mol. The summed E-state index contributed by atoms with van der Waals surface area (Å²) in [6, 6.07) is 5.15. The van der Waals surface area contributed by atoms with E-state index in [1.54, 1.807) is 0 Å². The van der Waals surface area contributed by atoms with Crippen molar-refractivity contribution in [2.45, 2.75) is 58.7 Å². The molecule has 0 amide bonds. The summed E-state index contributed by atoms with van der Waals surface area (Å²) < 4.78 is 2.08. The van der Waals surface area contributed by atoms with E-state index < -0.39 is 0 Å². The first-order valence-electron chi connectivity index (χ1n) is 8.64. The molecule has 6 heteroatoms. The molecule has 0 spiro atoms. The van der Waals surface area contributed by atoms with E-state index >= 15 is 0 Å². The van der Waals surface area contributed by atoms with Crippen molar-refractivity contribution in [3.63, 3.8) is 0 Å². The van der Waals surface area contributed by atoms with Crippen LogP contribution in [0.15, 0.2) is 23.3 Å². The quantitative estimate of drug-likeness (QED) is 0.661. The number of hydrogen-bond acceptors (Lipinski definition) is 3. The van der Waals surface area contributed by atoms with Gasteiger partial charge >= 0.3 is 0 Å². The van der Waals surface area contributed by atoms with Crippen LogP contribution in [0, 0.1) is 6.92 Å². The van der Waals surface area contributed by atoms with Crippen LogP contribution in [0.1, 0.15) is 47.3 Å². The summed E-state index contributed by atoms with van der Waals surface area (Å²) in [6.45, 7) is 7.30. The summed E-state index contributed by atoms with van der Waals surface area (Å²) in [5, 5.41) is 11.7. The topological polar surface area (TPSA) is 54.2 Å². The highest BCUT2D eigenvalue weighted by molar-refractivity contribution is 7.11. The van der Waals surface area contributed by atoms with Gasteiger partial charge < -0.3 is 10.6 Å². The highest BCUT2D eigenvalue weighted by Crippen LogP contribution is 2.21. The monoisotopic (exact) mass is 345 g/mol. The summed E-state index contributed by atoms with van der Waals surface area (Å²) in [6.07, 6.45) is 5.38. The van der Waals surface area contributed by atoms with E-state index in [4.69, 9.17) is 5.10 Å². The number of nitrogens with zero attached hydrogens (tertiary/aromatic N) is 3. The van der Waals surface area contributed by atoms with Crippen molar-refractivity contribution in [3.8, 4) is 0 Å². The first-order valence-corrected chi connectivity index (χ1v) is 9.46. The van der Waals surface area contributed by atoms with Crippen molar-refractivity contribution in [1.82, 2.24) is 20.4 Å². The van der Waals surface area contributed by atoms with Gasteiger partial charge in [-0.3, -0.25) is 9.67 Å². The fourth-order valence-electron chi connectivity index (χ4n) is 3.04.